The zero-order chi connectivity index (χ0) is 40.9. The SMILES string of the molecule is CC(=O)O.CN(C)c1ccccc1.Cc1ccc2nc(-c3ccc(N)cc3)cn2c1.Cc1ccc2nc(-c3ccc(N=Nc4ccc(N(C)C)cc4)cc3)cn2c1. The average Bonchev–Trinajstić information content (AvgIpc) is 3.82. The maximum atomic E-state index is 9.00. The number of carbonyl (C=O) groups is 1. The molecule has 0 saturated heterocycles. The maximum Gasteiger partial charge on any atom is 0.300 e. The Morgan fingerprint density at radius 1 is 0.561 bits per heavy atom. The highest BCUT2D eigenvalue weighted by atomic mass is 16.4. The summed E-state index contributed by atoms with van der Waals surface area (Å²) >= 11 is 0. The molecule has 0 atom stereocenters. The number of nitrogen functional groups attached to an aromatic ring is 1. The molecule has 4 aromatic carbocycles. The molecule has 57 heavy (non-hydrogen) atoms. The first kappa shape index (κ1) is 40.9. The summed E-state index contributed by atoms with van der Waals surface area (Å²) in [7, 11) is 8.11. The number of pyridine rings is 2. The first-order valence-corrected chi connectivity index (χ1v) is 18.3. The standard InChI is InChI=1S/C22H21N5.C14H13N3.C8H11N.C2H4O2/c1-16-4-13-22-23-21(15-27(22)14-16)17-5-7-18(8-6-17)24-25-19-9-11-20(12-10-19)26(2)3;1-10-2-7-14-16-13(9-17(14)8-10)11-3-5-12(15)6-4-11;1-9(2)8-6-4-3-5-7-8;1-2(3)4/h4-15H,1-3H3;2-9H,15H2,1H3;3-7H,1-2H3;1H3,(H,3,4). The van der Waals surface area contributed by atoms with E-state index in [2.05, 4.69) is 84.9 Å². The van der Waals surface area contributed by atoms with Gasteiger partial charge in [-0.1, -0.05) is 54.6 Å². The van der Waals surface area contributed by atoms with Crippen LogP contribution in [0.3, 0.4) is 0 Å². The molecule has 11 heteroatoms. The summed E-state index contributed by atoms with van der Waals surface area (Å²) in [6.07, 6.45) is 8.23. The van der Waals surface area contributed by atoms with Gasteiger partial charge in [0, 0.05) is 88.1 Å². The van der Waals surface area contributed by atoms with E-state index in [4.69, 9.17) is 15.6 Å². The first-order valence-electron chi connectivity index (χ1n) is 18.3. The van der Waals surface area contributed by atoms with Gasteiger partial charge in [0.25, 0.3) is 5.97 Å². The van der Waals surface area contributed by atoms with E-state index in [1.807, 2.05) is 148 Å². The largest absolute Gasteiger partial charge is 0.481 e. The second-order valence-electron chi connectivity index (χ2n) is 13.7. The molecule has 0 amide bonds. The molecule has 0 spiro atoms. The number of imidazole rings is 2. The number of aryl methyl sites for hydroxylation is 2. The van der Waals surface area contributed by atoms with Crippen LogP contribution in [0.15, 0.2) is 162 Å². The van der Waals surface area contributed by atoms with E-state index in [0.717, 1.165) is 63.5 Å². The lowest BCUT2D eigenvalue weighted by Gasteiger charge is -2.11. The number of rotatable bonds is 6. The smallest absolute Gasteiger partial charge is 0.300 e. The molecule has 4 aromatic heterocycles. The minimum Gasteiger partial charge on any atom is -0.481 e. The number of carboxylic acid groups (broad SMARTS) is 1. The molecule has 0 aliphatic heterocycles. The number of nitrogens with two attached hydrogens (primary N) is 1. The summed E-state index contributed by atoms with van der Waals surface area (Å²) in [5.41, 5.74) is 18.9. The van der Waals surface area contributed by atoms with Crippen LogP contribution in [0, 0.1) is 13.8 Å². The van der Waals surface area contributed by atoms with E-state index in [0.29, 0.717) is 0 Å². The predicted molar refractivity (Wildman–Crippen MR) is 234 cm³/mol. The molecule has 8 rings (SSSR count). The molecular weight excluding hydrogens is 711 g/mol. The summed E-state index contributed by atoms with van der Waals surface area (Å²) in [5.74, 6) is -0.833. The minimum atomic E-state index is -0.833. The third kappa shape index (κ3) is 12.1. The van der Waals surface area contributed by atoms with Crippen molar-refractivity contribution in [2.24, 2.45) is 10.2 Å². The number of azo groups is 1. The molecule has 4 heterocycles. The van der Waals surface area contributed by atoms with Gasteiger partial charge in [-0.15, -0.1) is 0 Å². The molecule has 290 valence electrons. The van der Waals surface area contributed by atoms with Crippen molar-refractivity contribution in [3.63, 3.8) is 0 Å². The van der Waals surface area contributed by atoms with Gasteiger partial charge < -0.3 is 29.4 Å². The van der Waals surface area contributed by atoms with Crippen LogP contribution in [-0.2, 0) is 4.79 Å². The van der Waals surface area contributed by atoms with Crippen molar-refractivity contribution >= 4 is 45.7 Å². The zero-order valence-corrected chi connectivity index (χ0v) is 33.4. The van der Waals surface area contributed by atoms with Crippen LogP contribution in [0.1, 0.15) is 18.1 Å². The van der Waals surface area contributed by atoms with E-state index >= 15 is 0 Å². The van der Waals surface area contributed by atoms with Crippen molar-refractivity contribution < 1.29 is 9.90 Å². The highest BCUT2D eigenvalue weighted by Gasteiger charge is 2.06. The van der Waals surface area contributed by atoms with Crippen LogP contribution in [-0.4, -0.2) is 58.0 Å². The summed E-state index contributed by atoms with van der Waals surface area (Å²) in [4.78, 5) is 22.4. The normalized spacial score (nSPS) is 10.5. The van der Waals surface area contributed by atoms with E-state index in [9.17, 15) is 0 Å². The van der Waals surface area contributed by atoms with Gasteiger partial charge in [-0.2, -0.15) is 10.2 Å². The van der Waals surface area contributed by atoms with Crippen LogP contribution in [0.5, 0.6) is 0 Å². The number of anilines is 3. The van der Waals surface area contributed by atoms with Gasteiger partial charge in [-0.05, 0) is 97.8 Å². The fourth-order valence-electron chi connectivity index (χ4n) is 5.50. The minimum absolute atomic E-state index is 0.772. The molecule has 0 saturated carbocycles. The molecule has 3 N–H and O–H groups in total. The average molecular weight is 760 g/mol. The van der Waals surface area contributed by atoms with Gasteiger partial charge in [0.1, 0.15) is 11.3 Å². The van der Waals surface area contributed by atoms with Crippen LogP contribution < -0.4 is 15.5 Å². The Balaban J connectivity index is 0.000000175. The number of aliphatic carboxylic acids is 1. The summed E-state index contributed by atoms with van der Waals surface area (Å²) in [6, 6.07) is 42.2. The summed E-state index contributed by atoms with van der Waals surface area (Å²) in [5, 5.41) is 16.1. The number of carboxylic acids is 1. The Labute approximate surface area is 334 Å². The second kappa shape index (κ2) is 19.4. The van der Waals surface area contributed by atoms with E-state index < -0.39 is 5.97 Å². The van der Waals surface area contributed by atoms with Gasteiger partial charge in [0.15, 0.2) is 0 Å². The van der Waals surface area contributed by atoms with Crippen molar-refractivity contribution in [2.75, 3.05) is 43.7 Å². The number of fused-ring (bicyclic) bond motifs is 2. The van der Waals surface area contributed by atoms with Crippen molar-refractivity contribution in [3.8, 4) is 22.5 Å². The lowest BCUT2D eigenvalue weighted by molar-refractivity contribution is -0.134. The number of hydrogen-bond acceptors (Lipinski definition) is 8. The fraction of sp³-hybridized carbons (Fsp3) is 0.152. The molecule has 0 bridgehead atoms. The lowest BCUT2D eigenvalue weighted by Crippen LogP contribution is -2.07. The Kier molecular flexibility index (Phi) is 13.9. The monoisotopic (exact) mass is 759 g/mol. The number of benzene rings is 4. The summed E-state index contributed by atoms with van der Waals surface area (Å²) < 4.78 is 4.09. The Hall–Kier alpha value is -7.27. The van der Waals surface area contributed by atoms with Gasteiger partial charge in [0.05, 0.1) is 22.8 Å². The van der Waals surface area contributed by atoms with E-state index in [-0.39, 0.29) is 0 Å². The van der Waals surface area contributed by atoms with Gasteiger partial charge in [-0.25, -0.2) is 9.97 Å². The zero-order valence-electron chi connectivity index (χ0n) is 33.4. The van der Waals surface area contributed by atoms with Gasteiger partial charge >= 0.3 is 0 Å². The van der Waals surface area contributed by atoms with Gasteiger partial charge in [-0.3, -0.25) is 4.79 Å². The third-order valence-electron chi connectivity index (χ3n) is 8.49. The molecule has 0 aliphatic carbocycles. The molecular formula is C46H49N9O2. The van der Waals surface area contributed by atoms with Crippen LogP contribution >= 0.6 is 0 Å². The molecule has 0 fully saturated rings. The van der Waals surface area contributed by atoms with Crippen LogP contribution in [0.4, 0.5) is 28.4 Å². The fourth-order valence-corrected chi connectivity index (χ4v) is 5.50. The van der Waals surface area contributed by atoms with Crippen molar-refractivity contribution in [1.82, 2.24) is 18.8 Å². The lowest BCUT2D eigenvalue weighted by atomic mass is 10.1. The molecule has 11 nitrogen and oxygen atoms in total. The molecule has 0 radical (unpaired) electrons. The third-order valence-corrected chi connectivity index (χ3v) is 8.49. The predicted octanol–water partition coefficient (Wildman–Crippen LogP) is 10.5. The van der Waals surface area contributed by atoms with E-state index in [1.165, 1.54) is 16.8 Å². The Morgan fingerprint density at radius 2 is 0.947 bits per heavy atom. The molecule has 0 unspecified atom stereocenters. The van der Waals surface area contributed by atoms with Crippen molar-refractivity contribution in [2.45, 2.75) is 20.8 Å². The van der Waals surface area contributed by atoms with Crippen molar-refractivity contribution in [3.05, 3.63) is 163 Å². The van der Waals surface area contributed by atoms with Crippen LogP contribution in [0.2, 0.25) is 0 Å². The van der Waals surface area contributed by atoms with Crippen LogP contribution in [0.25, 0.3) is 33.8 Å². The second-order valence-corrected chi connectivity index (χ2v) is 13.7. The highest BCUT2D eigenvalue weighted by Crippen LogP contribution is 2.25. The van der Waals surface area contributed by atoms with E-state index in [1.54, 1.807) is 0 Å². The summed E-state index contributed by atoms with van der Waals surface area (Å²) in [6.45, 7) is 5.23. The van der Waals surface area contributed by atoms with Gasteiger partial charge in [0.2, 0.25) is 0 Å². The van der Waals surface area contributed by atoms with Crippen molar-refractivity contribution in [1.29, 1.82) is 0 Å². The maximum absolute atomic E-state index is 9.00. The number of nitrogens with zero attached hydrogens (tertiary/aromatic N) is 8. The molecule has 8 aromatic rings. The quantitative estimate of drug-likeness (QED) is 0.128. The topological polar surface area (TPSA) is 129 Å². The first-order chi connectivity index (χ1) is 27.3. The highest BCUT2D eigenvalue weighted by molar-refractivity contribution is 5.66. The number of aromatic nitrogens is 4. The Bertz CT molecular complexity index is 2520. The Morgan fingerprint density at radius 3 is 1.35 bits per heavy atom. The molecule has 0 aliphatic rings. The number of hydrogen-bond donors (Lipinski definition) is 2. The number of para-hydroxylation sites is 1.